The van der Waals surface area contributed by atoms with Crippen molar-refractivity contribution in [3.8, 4) is 5.69 Å². The van der Waals surface area contributed by atoms with Gasteiger partial charge in [0.25, 0.3) is 5.91 Å². The first-order chi connectivity index (χ1) is 11.6. The van der Waals surface area contributed by atoms with Gasteiger partial charge in [-0.25, -0.2) is 4.39 Å². The summed E-state index contributed by atoms with van der Waals surface area (Å²) in [5, 5.41) is 14.1. The van der Waals surface area contributed by atoms with Crippen LogP contribution in [0.25, 0.3) is 5.69 Å². The van der Waals surface area contributed by atoms with E-state index in [1.54, 1.807) is 41.9 Å². The molecule has 7 heteroatoms. The van der Waals surface area contributed by atoms with Gasteiger partial charge in [0.1, 0.15) is 5.82 Å². The van der Waals surface area contributed by atoms with E-state index in [1.807, 2.05) is 6.07 Å². The number of carbonyl (C=O) groups is 1. The van der Waals surface area contributed by atoms with Gasteiger partial charge in [0.05, 0.1) is 5.69 Å². The summed E-state index contributed by atoms with van der Waals surface area (Å²) in [5.41, 5.74) is 2.18. The smallest absolute Gasteiger partial charge is 0.251 e. The first-order valence-electron chi connectivity index (χ1n) is 7.51. The molecule has 0 aliphatic carbocycles. The Bertz CT molecular complexity index is 844. The van der Waals surface area contributed by atoms with Gasteiger partial charge in [-0.1, -0.05) is 12.1 Å². The highest BCUT2D eigenvalue weighted by Crippen LogP contribution is 2.10. The van der Waals surface area contributed by atoms with Crippen LogP contribution < -0.4 is 5.32 Å². The van der Waals surface area contributed by atoms with Crippen molar-refractivity contribution >= 4 is 5.91 Å². The zero-order chi connectivity index (χ0) is 16.9. The normalized spacial score (nSPS) is 10.6. The molecule has 0 radical (unpaired) electrons. The zero-order valence-electron chi connectivity index (χ0n) is 13.1. The maximum absolute atomic E-state index is 13.1. The van der Waals surface area contributed by atoms with Gasteiger partial charge in [-0.05, 0) is 65.7 Å². The lowest BCUT2D eigenvalue weighted by molar-refractivity contribution is 0.0954. The van der Waals surface area contributed by atoms with E-state index < -0.39 is 0 Å². The lowest BCUT2D eigenvalue weighted by atomic mass is 10.1. The minimum absolute atomic E-state index is 0.175. The number of carbonyl (C=O) groups excluding carboxylic acids is 1. The summed E-state index contributed by atoms with van der Waals surface area (Å²) in [7, 11) is 0. The second-order valence-electron chi connectivity index (χ2n) is 5.32. The molecule has 3 aromatic rings. The molecule has 0 atom stereocenters. The van der Waals surface area contributed by atoms with E-state index in [1.165, 1.54) is 12.1 Å². The summed E-state index contributed by atoms with van der Waals surface area (Å²) in [6.45, 7) is 2.24. The number of hydrogen-bond donors (Lipinski definition) is 1. The molecule has 122 valence electrons. The second-order valence-corrected chi connectivity index (χ2v) is 5.32. The largest absolute Gasteiger partial charge is 0.352 e. The summed E-state index contributed by atoms with van der Waals surface area (Å²) in [6, 6.07) is 13.4. The number of halogens is 1. The molecule has 0 fully saturated rings. The predicted molar refractivity (Wildman–Crippen MR) is 86.3 cm³/mol. The van der Waals surface area contributed by atoms with E-state index in [0.29, 0.717) is 24.4 Å². The fourth-order valence-corrected chi connectivity index (χ4v) is 2.34. The number of rotatable bonds is 5. The Balaban J connectivity index is 1.58. The highest BCUT2D eigenvalue weighted by molar-refractivity contribution is 5.94. The van der Waals surface area contributed by atoms with Crippen LogP contribution >= 0.6 is 0 Å². The van der Waals surface area contributed by atoms with Crippen molar-refractivity contribution in [2.75, 3.05) is 6.54 Å². The Morgan fingerprint density at radius 1 is 1.21 bits per heavy atom. The first kappa shape index (κ1) is 15.8. The molecule has 0 aliphatic rings. The van der Waals surface area contributed by atoms with Gasteiger partial charge in [-0.2, -0.15) is 4.68 Å². The van der Waals surface area contributed by atoms with Gasteiger partial charge in [0.15, 0.2) is 5.82 Å². The summed E-state index contributed by atoms with van der Waals surface area (Å²) in [5.74, 6) is 0.223. The fourth-order valence-electron chi connectivity index (χ4n) is 2.34. The minimum atomic E-state index is -0.271. The van der Waals surface area contributed by atoms with E-state index in [-0.39, 0.29) is 11.7 Å². The van der Waals surface area contributed by atoms with E-state index in [9.17, 15) is 9.18 Å². The third kappa shape index (κ3) is 3.62. The summed E-state index contributed by atoms with van der Waals surface area (Å²) >= 11 is 0. The SMILES string of the molecule is Cc1nnnn1-c1ccc(C(=O)NCCc2cccc(F)c2)cc1. The number of amides is 1. The van der Waals surface area contributed by atoms with Crippen molar-refractivity contribution in [1.82, 2.24) is 25.5 Å². The van der Waals surface area contributed by atoms with E-state index in [0.717, 1.165) is 11.3 Å². The molecular weight excluding hydrogens is 309 g/mol. The van der Waals surface area contributed by atoms with Crippen LogP contribution in [0.3, 0.4) is 0 Å². The molecule has 0 saturated carbocycles. The van der Waals surface area contributed by atoms with Gasteiger partial charge in [-0.3, -0.25) is 4.79 Å². The van der Waals surface area contributed by atoms with Crippen molar-refractivity contribution in [2.24, 2.45) is 0 Å². The van der Waals surface area contributed by atoms with E-state index in [2.05, 4.69) is 20.8 Å². The van der Waals surface area contributed by atoms with Crippen LogP contribution in [-0.2, 0) is 6.42 Å². The molecular formula is C17H16FN5O. The molecule has 6 nitrogen and oxygen atoms in total. The Morgan fingerprint density at radius 3 is 2.67 bits per heavy atom. The molecule has 3 rings (SSSR count). The number of hydrogen-bond acceptors (Lipinski definition) is 4. The molecule has 1 heterocycles. The summed E-state index contributed by atoms with van der Waals surface area (Å²) < 4.78 is 14.7. The van der Waals surface area contributed by atoms with Gasteiger partial charge in [0.2, 0.25) is 0 Å². The Kier molecular flexibility index (Phi) is 4.60. The third-order valence-corrected chi connectivity index (χ3v) is 3.59. The van der Waals surface area contributed by atoms with Crippen LogP contribution in [0, 0.1) is 12.7 Å². The van der Waals surface area contributed by atoms with E-state index >= 15 is 0 Å². The van der Waals surface area contributed by atoms with Crippen molar-refractivity contribution in [3.63, 3.8) is 0 Å². The molecule has 0 aliphatic heterocycles. The average molecular weight is 325 g/mol. The number of tetrazole rings is 1. The van der Waals surface area contributed by atoms with Gasteiger partial charge in [-0.15, -0.1) is 5.10 Å². The number of nitrogens with zero attached hydrogens (tertiary/aromatic N) is 4. The summed E-state index contributed by atoms with van der Waals surface area (Å²) in [4.78, 5) is 12.1. The Morgan fingerprint density at radius 2 is 2.00 bits per heavy atom. The molecule has 0 spiro atoms. The topological polar surface area (TPSA) is 72.7 Å². The average Bonchev–Trinajstić information content (AvgIpc) is 3.01. The molecule has 24 heavy (non-hydrogen) atoms. The quantitative estimate of drug-likeness (QED) is 0.779. The van der Waals surface area contributed by atoms with Crippen LogP contribution in [0.15, 0.2) is 48.5 Å². The first-order valence-corrected chi connectivity index (χ1v) is 7.51. The monoisotopic (exact) mass is 325 g/mol. The zero-order valence-corrected chi connectivity index (χ0v) is 13.1. The second kappa shape index (κ2) is 6.99. The highest BCUT2D eigenvalue weighted by Gasteiger charge is 2.07. The Hall–Kier alpha value is -3.09. The minimum Gasteiger partial charge on any atom is -0.352 e. The molecule has 2 aromatic carbocycles. The van der Waals surface area contributed by atoms with Crippen molar-refractivity contribution in [1.29, 1.82) is 0 Å². The van der Waals surface area contributed by atoms with Crippen LogP contribution in [0.4, 0.5) is 4.39 Å². The fraction of sp³-hybridized carbons (Fsp3) is 0.176. The van der Waals surface area contributed by atoms with Gasteiger partial charge >= 0.3 is 0 Å². The van der Waals surface area contributed by atoms with Crippen molar-refractivity contribution < 1.29 is 9.18 Å². The molecule has 0 unspecified atom stereocenters. The molecule has 0 saturated heterocycles. The molecule has 0 bridgehead atoms. The van der Waals surface area contributed by atoms with Crippen LogP contribution in [0.5, 0.6) is 0 Å². The molecule has 1 N–H and O–H groups in total. The maximum atomic E-state index is 13.1. The third-order valence-electron chi connectivity index (χ3n) is 3.59. The van der Waals surface area contributed by atoms with Gasteiger partial charge < -0.3 is 5.32 Å². The molecule has 1 amide bonds. The summed E-state index contributed by atoms with van der Waals surface area (Å²) in [6.07, 6.45) is 0.575. The predicted octanol–water partition coefficient (Wildman–Crippen LogP) is 2.08. The Labute approximate surface area is 138 Å². The number of aromatic nitrogens is 4. The molecule has 1 aromatic heterocycles. The maximum Gasteiger partial charge on any atom is 0.251 e. The van der Waals surface area contributed by atoms with Crippen molar-refractivity contribution in [2.45, 2.75) is 13.3 Å². The van der Waals surface area contributed by atoms with Crippen LogP contribution in [-0.4, -0.2) is 32.7 Å². The lowest BCUT2D eigenvalue weighted by Crippen LogP contribution is -2.25. The van der Waals surface area contributed by atoms with Crippen LogP contribution in [0.1, 0.15) is 21.7 Å². The number of benzene rings is 2. The standard InChI is InChI=1S/C17H16FN5O/c1-12-20-21-22-23(12)16-7-5-14(6-8-16)17(24)19-10-9-13-3-2-4-15(18)11-13/h2-8,11H,9-10H2,1H3,(H,19,24). The van der Waals surface area contributed by atoms with E-state index in [4.69, 9.17) is 0 Å². The lowest BCUT2D eigenvalue weighted by Gasteiger charge is -2.07. The number of nitrogens with one attached hydrogen (secondary N) is 1. The highest BCUT2D eigenvalue weighted by atomic mass is 19.1. The van der Waals surface area contributed by atoms with Crippen LogP contribution in [0.2, 0.25) is 0 Å². The van der Waals surface area contributed by atoms with Gasteiger partial charge in [0, 0.05) is 12.1 Å². The number of aryl methyl sites for hydroxylation is 1. The van der Waals surface area contributed by atoms with Crippen molar-refractivity contribution in [3.05, 3.63) is 71.3 Å².